The first-order valence-electron chi connectivity index (χ1n) is 3.40. The zero-order valence-corrected chi connectivity index (χ0v) is 7.36. The molecule has 0 bridgehead atoms. The molecule has 0 heterocycles. The molecule has 5 heteroatoms. The fourth-order valence-corrected chi connectivity index (χ4v) is 1.75. The van der Waals surface area contributed by atoms with Crippen molar-refractivity contribution in [3.63, 3.8) is 0 Å². The van der Waals surface area contributed by atoms with E-state index in [1.54, 1.807) is 6.07 Å². The van der Waals surface area contributed by atoms with Gasteiger partial charge in [-0.2, -0.15) is 0 Å². The quantitative estimate of drug-likeness (QED) is 0.778. The van der Waals surface area contributed by atoms with Gasteiger partial charge in [0.05, 0.1) is 4.90 Å². The molecule has 0 unspecified atom stereocenters. The van der Waals surface area contributed by atoms with Crippen molar-refractivity contribution >= 4 is 15.8 Å². The molecule has 1 aromatic carbocycles. The highest BCUT2D eigenvalue weighted by Gasteiger charge is 2.18. The molecule has 0 aromatic heterocycles. The molecule has 0 atom stereocenters. The fourth-order valence-electron chi connectivity index (χ4n) is 0.811. The van der Waals surface area contributed by atoms with Crippen LogP contribution in [0.3, 0.4) is 0 Å². The summed E-state index contributed by atoms with van der Waals surface area (Å²) in [6.45, 7) is 0. The molecule has 1 rings (SSSR count). The van der Waals surface area contributed by atoms with E-state index in [9.17, 15) is 13.2 Å². The Balaban J connectivity index is 3.02. The summed E-state index contributed by atoms with van der Waals surface area (Å²) in [5.41, 5.74) is 0. The Labute approximate surface area is 75.7 Å². The van der Waals surface area contributed by atoms with Crippen LogP contribution in [0.5, 0.6) is 0 Å². The van der Waals surface area contributed by atoms with Crippen LogP contribution in [-0.2, 0) is 14.6 Å². The third-order valence-electron chi connectivity index (χ3n) is 1.33. The number of aliphatic carboxylic acids is 1. The zero-order valence-electron chi connectivity index (χ0n) is 6.54. The van der Waals surface area contributed by atoms with Crippen molar-refractivity contribution < 1.29 is 18.3 Å². The smallest absolute Gasteiger partial charge is 0.324 e. The third-order valence-corrected chi connectivity index (χ3v) is 2.77. The Bertz CT molecular complexity index is 393. The number of hydrogen-bond acceptors (Lipinski definition) is 3. The normalized spacial score (nSPS) is 11.1. The lowest BCUT2D eigenvalue weighted by Gasteiger charge is -1.98. The van der Waals surface area contributed by atoms with Crippen LogP contribution in [0, 0.1) is 5.75 Å². The van der Waals surface area contributed by atoms with E-state index in [1.807, 2.05) is 0 Å². The predicted molar refractivity (Wildman–Crippen MR) is 45.6 cm³/mol. The van der Waals surface area contributed by atoms with E-state index in [-0.39, 0.29) is 10.6 Å². The fraction of sp³-hybridized carbons (Fsp3) is 0. The third kappa shape index (κ3) is 2.55. The standard InChI is InChI=1S/C8H7O4S/c9-8(10)6-13(11,12)7-4-2-1-3-5-7/h1-6H,(H,9,10). The predicted octanol–water partition coefficient (Wildman–Crippen LogP) is 0.707. The Morgan fingerprint density at radius 2 is 1.77 bits per heavy atom. The van der Waals surface area contributed by atoms with E-state index < -0.39 is 15.8 Å². The van der Waals surface area contributed by atoms with Crippen LogP contribution in [0.15, 0.2) is 35.2 Å². The van der Waals surface area contributed by atoms with E-state index in [0.717, 1.165) is 0 Å². The van der Waals surface area contributed by atoms with Crippen molar-refractivity contribution in [2.45, 2.75) is 4.90 Å². The summed E-state index contributed by atoms with van der Waals surface area (Å²) < 4.78 is 22.4. The van der Waals surface area contributed by atoms with Gasteiger partial charge >= 0.3 is 5.97 Å². The molecular formula is C8H7O4S. The van der Waals surface area contributed by atoms with Crippen LogP contribution in [0.1, 0.15) is 0 Å². The summed E-state index contributed by atoms with van der Waals surface area (Å²) in [6.07, 6.45) is 0. The molecule has 0 aliphatic rings. The van der Waals surface area contributed by atoms with Gasteiger partial charge < -0.3 is 5.11 Å². The zero-order chi connectivity index (χ0) is 9.90. The first-order chi connectivity index (χ1) is 6.02. The van der Waals surface area contributed by atoms with Crippen molar-refractivity contribution in [1.29, 1.82) is 0 Å². The molecule has 0 amide bonds. The van der Waals surface area contributed by atoms with Crippen LogP contribution >= 0.6 is 0 Å². The second kappa shape index (κ2) is 3.57. The summed E-state index contributed by atoms with van der Waals surface area (Å²) in [6, 6.07) is 7.40. The van der Waals surface area contributed by atoms with Crippen LogP contribution in [0.2, 0.25) is 0 Å². The van der Waals surface area contributed by atoms with Gasteiger partial charge in [-0.3, -0.25) is 4.79 Å². The molecule has 1 N–H and O–H groups in total. The monoisotopic (exact) mass is 199 g/mol. The minimum Gasteiger partial charge on any atom is -0.480 e. The van der Waals surface area contributed by atoms with Crippen molar-refractivity contribution in [2.24, 2.45) is 0 Å². The van der Waals surface area contributed by atoms with Crippen LogP contribution in [0.25, 0.3) is 0 Å². The Hall–Kier alpha value is -1.36. The second-order valence-electron chi connectivity index (χ2n) is 2.31. The maximum atomic E-state index is 11.2. The number of sulfone groups is 1. The van der Waals surface area contributed by atoms with Gasteiger partial charge in [-0.1, -0.05) is 18.2 Å². The van der Waals surface area contributed by atoms with Crippen LogP contribution in [-0.4, -0.2) is 19.5 Å². The highest BCUT2D eigenvalue weighted by Crippen LogP contribution is 2.12. The van der Waals surface area contributed by atoms with E-state index in [1.165, 1.54) is 24.3 Å². The largest absolute Gasteiger partial charge is 0.480 e. The molecule has 13 heavy (non-hydrogen) atoms. The molecule has 0 aliphatic heterocycles. The first-order valence-corrected chi connectivity index (χ1v) is 4.95. The highest BCUT2D eigenvalue weighted by atomic mass is 32.2. The first kappa shape index (κ1) is 9.73. The molecule has 0 fully saturated rings. The average Bonchev–Trinajstić information content (AvgIpc) is 2.04. The van der Waals surface area contributed by atoms with Gasteiger partial charge in [-0.15, -0.1) is 0 Å². The van der Waals surface area contributed by atoms with Crippen molar-refractivity contribution in [3.05, 3.63) is 36.1 Å². The molecule has 0 aliphatic carbocycles. The topological polar surface area (TPSA) is 71.4 Å². The van der Waals surface area contributed by atoms with Gasteiger partial charge in [0.25, 0.3) is 0 Å². The second-order valence-corrected chi connectivity index (χ2v) is 4.11. The number of carboxylic acid groups (broad SMARTS) is 1. The lowest BCUT2D eigenvalue weighted by Crippen LogP contribution is -2.08. The summed E-state index contributed by atoms with van der Waals surface area (Å²) in [7, 11) is -3.78. The molecule has 0 saturated carbocycles. The minimum atomic E-state index is -3.78. The summed E-state index contributed by atoms with van der Waals surface area (Å²) >= 11 is 0. The Kier molecular flexibility index (Phi) is 2.67. The maximum Gasteiger partial charge on any atom is 0.324 e. The molecule has 0 spiro atoms. The van der Waals surface area contributed by atoms with Crippen molar-refractivity contribution in [3.8, 4) is 0 Å². The average molecular weight is 199 g/mol. The SMILES string of the molecule is O=C(O)[CH]S(=O)(=O)c1ccccc1. The number of rotatable bonds is 3. The maximum absolute atomic E-state index is 11.2. The van der Waals surface area contributed by atoms with Crippen molar-refractivity contribution in [1.82, 2.24) is 0 Å². The number of carbonyl (C=O) groups is 1. The van der Waals surface area contributed by atoms with Crippen LogP contribution in [0.4, 0.5) is 0 Å². The van der Waals surface area contributed by atoms with E-state index >= 15 is 0 Å². The van der Waals surface area contributed by atoms with Gasteiger partial charge in [-0.25, -0.2) is 8.42 Å². The van der Waals surface area contributed by atoms with Gasteiger partial charge in [0.2, 0.25) is 0 Å². The lowest BCUT2D eigenvalue weighted by molar-refractivity contribution is -0.132. The van der Waals surface area contributed by atoms with Crippen molar-refractivity contribution in [2.75, 3.05) is 0 Å². The van der Waals surface area contributed by atoms with E-state index in [2.05, 4.69) is 0 Å². The number of carboxylic acids is 1. The summed E-state index contributed by atoms with van der Waals surface area (Å²) in [4.78, 5) is 10.1. The highest BCUT2D eigenvalue weighted by molar-refractivity contribution is 7.94. The molecule has 0 saturated heterocycles. The number of benzene rings is 1. The molecule has 4 nitrogen and oxygen atoms in total. The Morgan fingerprint density at radius 1 is 1.23 bits per heavy atom. The van der Waals surface area contributed by atoms with Gasteiger partial charge in [0.15, 0.2) is 15.6 Å². The van der Waals surface area contributed by atoms with Crippen LogP contribution < -0.4 is 0 Å². The number of hydrogen-bond donors (Lipinski definition) is 1. The molecule has 1 aromatic rings. The molecular weight excluding hydrogens is 192 g/mol. The molecule has 69 valence electrons. The van der Waals surface area contributed by atoms with Gasteiger partial charge in [0.1, 0.15) is 0 Å². The summed E-state index contributed by atoms with van der Waals surface area (Å²) in [5, 5.41) is 8.28. The molecule has 1 radical (unpaired) electrons. The van der Waals surface area contributed by atoms with Gasteiger partial charge in [-0.05, 0) is 12.1 Å². The summed E-state index contributed by atoms with van der Waals surface area (Å²) in [5.74, 6) is -1.19. The van der Waals surface area contributed by atoms with E-state index in [0.29, 0.717) is 0 Å². The Morgan fingerprint density at radius 3 is 2.23 bits per heavy atom. The van der Waals surface area contributed by atoms with Gasteiger partial charge in [0, 0.05) is 0 Å². The lowest BCUT2D eigenvalue weighted by atomic mass is 10.4. The van der Waals surface area contributed by atoms with E-state index in [4.69, 9.17) is 5.11 Å². The minimum absolute atomic E-state index is 0.0163.